The van der Waals surface area contributed by atoms with E-state index in [0.717, 1.165) is 16.8 Å². The Labute approximate surface area is 141 Å². The van der Waals surface area contributed by atoms with Crippen LogP contribution in [0.5, 0.6) is 0 Å². The standard InChI is InChI=1S/C18H20N4O2/c1-13-5-6-16(10-14(13)2)21-17(23)7-8-18(24)22-20-12-15-4-3-9-19-11-15/h3-6,9-12H,7-8H2,1-2H3,(H,21,23)(H,22,24). The van der Waals surface area contributed by atoms with Gasteiger partial charge in [0.05, 0.1) is 6.21 Å². The van der Waals surface area contributed by atoms with Crippen LogP contribution in [0.15, 0.2) is 47.8 Å². The molecule has 2 rings (SSSR count). The third kappa shape index (κ3) is 5.64. The first-order valence-corrected chi connectivity index (χ1v) is 7.63. The Morgan fingerprint density at radius 3 is 2.62 bits per heavy atom. The lowest BCUT2D eigenvalue weighted by molar-refractivity contribution is -0.124. The van der Waals surface area contributed by atoms with Crippen molar-refractivity contribution in [2.75, 3.05) is 5.32 Å². The van der Waals surface area contributed by atoms with Gasteiger partial charge >= 0.3 is 0 Å². The maximum Gasteiger partial charge on any atom is 0.240 e. The molecule has 0 saturated carbocycles. The molecule has 0 atom stereocenters. The average Bonchev–Trinajstić information content (AvgIpc) is 2.57. The van der Waals surface area contributed by atoms with Gasteiger partial charge in [0.1, 0.15) is 0 Å². The number of nitrogens with zero attached hydrogens (tertiary/aromatic N) is 2. The fourth-order valence-corrected chi connectivity index (χ4v) is 1.96. The maximum atomic E-state index is 11.9. The Morgan fingerprint density at radius 2 is 1.92 bits per heavy atom. The topological polar surface area (TPSA) is 83.5 Å². The van der Waals surface area contributed by atoms with Gasteiger partial charge in [-0.05, 0) is 43.2 Å². The molecule has 0 aliphatic carbocycles. The molecule has 0 saturated heterocycles. The summed E-state index contributed by atoms with van der Waals surface area (Å²) in [6, 6.07) is 9.30. The van der Waals surface area contributed by atoms with Crippen LogP contribution in [0.4, 0.5) is 5.69 Å². The van der Waals surface area contributed by atoms with E-state index in [1.54, 1.807) is 18.5 Å². The van der Waals surface area contributed by atoms with Crippen LogP contribution < -0.4 is 10.7 Å². The van der Waals surface area contributed by atoms with E-state index < -0.39 is 0 Å². The first kappa shape index (κ1) is 17.3. The number of hydrazone groups is 1. The van der Waals surface area contributed by atoms with Gasteiger partial charge in [-0.1, -0.05) is 12.1 Å². The maximum absolute atomic E-state index is 11.9. The summed E-state index contributed by atoms with van der Waals surface area (Å²) in [7, 11) is 0. The largest absolute Gasteiger partial charge is 0.326 e. The molecule has 6 heteroatoms. The van der Waals surface area contributed by atoms with E-state index in [2.05, 4.69) is 20.8 Å². The van der Waals surface area contributed by atoms with Crippen molar-refractivity contribution >= 4 is 23.7 Å². The van der Waals surface area contributed by atoms with E-state index >= 15 is 0 Å². The van der Waals surface area contributed by atoms with E-state index in [9.17, 15) is 9.59 Å². The number of anilines is 1. The average molecular weight is 324 g/mol. The Kier molecular flexibility index (Phi) is 6.19. The Balaban J connectivity index is 1.73. The molecule has 0 aliphatic heterocycles. The van der Waals surface area contributed by atoms with Crippen LogP contribution in [-0.4, -0.2) is 23.0 Å². The van der Waals surface area contributed by atoms with Crippen LogP contribution in [0.2, 0.25) is 0 Å². The number of carbonyl (C=O) groups excluding carboxylic acids is 2. The predicted molar refractivity (Wildman–Crippen MR) is 93.8 cm³/mol. The van der Waals surface area contributed by atoms with Crippen molar-refractivity contribution < 1.29 is 9.59 Å². The van der Waals surface area contributed by atoms with E-state index in [1.807, 2.05) is 38.1 Å². The number of aryl methyl sites for hydroxylation is 2. The molecule has 0 fully saturated rings. The molecule has 0 bridgehead atoms. The molecule has 6 nitrogen and oxygen atoms in total. The smallest absolute Gasteiger partial charge is 0.240 e. The zero-order valence-corrected chi connectivity index (χ0v) is 13.7. The SMILES string of the molecule is Cc1ccc(NC(=O)CCC(=O)NN=Cc2cccnc2)cc1C. The highest BCUT2D eigenvalue weighted by Gasteiger charge is 2.07. The van der Waals surface area contributed by atoms with Crippen LogP contribution >= 0.6 is 0 Å². The van der Waals surface area contributed by atoms with E-state index in [0.29, 0.717) is 0 Å². The van der Waals surface area contributed by atoms with Gasteiger partial charge in [0.25, 0.3) is 0 Å². The van der Waals surface area contributed by atoms with Crippen molar-refractivity contribution in [2.45, 2.75) is 26.7 Å². The monoisotopic (exact) mass is 324 g/mol. The Hall–Kier alpha value is -3.02. The molecule has 1 aromatic carbocycles. The first-order valence-electron chi connectivity index (χ1n) is 7.63. The zero-order valence-electron chi connectivity index (χ0n) is 13.7. The molecule has 0 unspecified atom stereocenters. The van der Waals surface area contributed by atoms with Gasteiger partial charge in [-0.2, -0.15) is 5.10 Å². The lowest BCUT2D eigenvalue weighted by Crippen LogP contribution is -2.20. The molecule has 1 aromatic heterocycles. The van der Waals surface area contributed by atoms with Crippen LogP contribution in [-0.2, 0) is 9.59 Å². The summed E-state index contributed by atoms with van der Waals surface area (Å²) in [5, 5.41) is 6.61. The third-order valence-electron chi connectivity index (χ3n) is 3.46. The Bertz CT molecular complexity index is 742. The van der Waals surface area contributed by atoms with E-state index in [4.69, 9.17) is 0 Å². The fourth-order valence-electron chi connectivity index (χ4n) is 1.96. The van der Waals surface area contributed by atoms with E-state index in [1.165, 1.54) is 11.8 Å². The van der Waals surface area contributed by atoms with Gasteiger partial charge in [0, 0.05) is 36.5 Å². The number of nitrogens with one attached hydrogen (secondary N) is 2. The molecule has 2 N–H and O–H groups in total. The second kappa shape index (κ2) is 8.57. The number of pyridine rings is 1. The van der Waals surface area contributed by atoms with Crippen molar-refractivity contribution in [3.05, 3.63) is 59.4 Å². The number of benzene rings is 1. The highest BCUT2D eigenvalue weighted by molar-refractivity contribution is 5.93. The predicted octanol–water partition coefficient (Wildman–Crippen LogP) is 2.57. The minimum absolute atomic E-state index is 0.0705. The molecule has 1 heterocycles. The summed E-state index contributed by atoms with van der Waals surface area (Å²) in [6.45, 7) is 4.00. The second-order valence-electron chi connectivity index (χ2n) is 5.43. The molecule has 0 radical (unpaired) electrons. The zero-order chi connectivity index (χ0) is 17.4. The molecule has 24 heavy (non-hydrogen) atoms. The number of hydrogen-bond acceptors (Lipinski definition) is 4. The number of carbonyl (C=O) groups is 2. The van der Waals surface area contributed by atoms with Gasteiger partial charge in [0.2, 0.25) is 11.8 Å². The minimum Gasteiger partial charge on any atom is -0.326 e. The molecule has 124 valence electrons. The van der Waals surface area contributed by atoms with Crippen LogP contribution in [0.25, 0.3) is 0 Å². The number of amides is 2. The van der Waals surface area contributed by atoms with Gasteiger partial charge < -0.3 is 5.32 Å². The van der Waals surface area contributed by atoms with Crippen molar-refractivity contribution in [1.29, 1.82) is 0 Å². The minimum atomic E-state index is -0.314. The van der Waals surface area contributed by atoms with Gasteiger partial charge in [-0.3, -0.25) is 14.6 Å². The third-order valence-corrected chi connectivity index (χ3v) is 3.46. The Morgan fingerprint density at radius 1 is 1.12 bits per heavy atom. The first-order chi connectivity index (χ1) is 11.5. The lowest BCUT2D eigenvalue weighted by Gasteiger charge is -2.07. The van der Waals surface area contributed by atoms with Crippen LogP contribution in [0.1, 0.15) is 29.5 Å². The molecule has 0 spiro atoms. The fraction of sp³-hybridized carbons (Fsp3) is 0.222. The van der Waals surface area contributed by atoms with Crippen molar-refractivity contribution in [1.82, 2.24) is 10.4 Å². The molecule has 2 aromatic rings. The summed E-state index contributed by atoms with van der Waals surface area (Å²) in [6.07, 6.45) is 4.96. The van der Waals surface area contributed by atoms with Crippen LogP contribution in [0, 0.1) is 13.8 Å². The lowest BCUT2D eigenvalue weighted by atomic mass is 10.1. The quantitative estimate of drug-likeness (QED) is 0.633. The molecule has 0 aliphatic rings. The highest BCUT2D eigenvalue weighted by Crippen LogP contribution is 2.14. The molecular weight excluding hydrogens is 304 g/mol. The van der Waals surface area contributed by atoms with E-state index in [-0.39, 0.29) is 24.7 Å². The normalized spacial score (nSPS) is 10.6. The van der Waals surface area contributed by atoms with Crippen molar-refractivity contribution in [2.24, 2.45) is 5.10 Å². The summed E-state index contributed by atoms with van der Waals surface area (Å²) in [5.74, 6) is -0.519. The number of rotatable bonds is 6. The molecular formula is C18H20N4O2. The van der Waals surface area contributed by atoms with Gasteiger partial charge in [-0.25, -0.2) is 5.43 Å². The molecule has 2 amide bonds. The summed E-state index contributed by atoms with van der Waals surface area (Å²) in [4.78, 5) is 27.5. The highest BCUT2D eigenvalue weighted by atomic mass is 16.2. The summed E-state index contributed by atoms with van der Waals surface area (Å²) in [5.41, 5.74) is 6.18. The summed E-state index contributed by atoms with van der Waals surface area (Å²) >= 11 is 0. The summed E-state index contributed by atoms with van der Waals surface area (Å²) < 4.78 is 0. The van der Waals surface area contributed by atoms with Crippen LogP contribution in [0.3, 0.4) is 0 Å². The number of hydrogen-bond donors (Lipinski definition) is 2. The van der Waals surface area contributed by atoms with Gasteiger partial charge in [-0.15, -0.1) is 0 Å². The number of aromatic nitrogens is 1. The van der Waals surface area contributed by atoms with Crippen molar-refractivity contribution in [3.8, 4) is 0 Å². The van der Waals surface area contributed by atoms with Gasteiger partial charge in [0.15, 0.2) is 0 Å². The second-order valence-corrected chi connectivity index (χ2v) is 5.43. The van der Waals surface area contributed by atoms with Crippen molar-refractivity contribution in [3.63, 3.8) is 0 Å².